The summed E-state index contributed by atoms with van der Waals surface area (Å²) in [6.45, 7) is 0.356. The first-order chi connectivity index (χ1) is 9.10. The van der Waals surface area contributed by atoms with Gasteiger partial charge in [-0.1, -0.05) is 46.9 Å². The lowest BCUT2D eigenvalue weighted by Gasteiger charge is -2.10. The lowest BCUT2D eigenvalue weighted by Crippen LogP contribution is -2.01. The Bertz CT molecular complexity index is 573. The number of ether oxygens (including phenoxy) is 1. The van der Waals surface area contributed by atoms with Crippen molar-refractivity contribution < 1.29 is 4.74 Å². The van der Waals surface area contributed by atoms with Gasteiger partial charge in [0.25, 0.3) is 0 Å². The lowest BCUT2D eigenvalue weighted by atomic mass is 10.2. The zero-order valence-electron chi connectivity index (χ0n) is 10.1. The summed E-state index contributed by atoms with van der Waals surface area (Å²) in [5.41, 5.74) is 0.975. The summed E-state index contributed by atoms with van der Waals surface area (Å²) in [7, 11) is 1.73. The van der Waals surface area contributed by atoms with Crippen LogP contribution in [-0.4, -0.2) is 12.0 Å². The van der Waals surface area contributed by atoms with Crippen LogP contribution in [0.15, 0.2) is 30.3 Å². The van der Waals surface area contributed by atoms with Crippen LogP contribution in [0, 0.1) is 0 Å². The maximum Gasteiger partial charge on any atom is 0.234 e. The number of hydrogen-bond acceptors (Lipinski definition) is 3. The number of hydrogen-bond donors (Lipinski definition) is 1. The van der Waals surface area contributed by atoms with Gasteiger partial charge in [0.05, 0.1) is 5.02 Å². The minimum Gasteiger partial charge on any atom is -0.472 e. The average Bonchev–Trinajstić information content (AvgIpc) is 2.40. The second-order valence-electron chi connectivity index (χ2n) is 3.77. The van der Waals surface area contributed by atoms with Crippen LogP contribution in [0.1, 0.15) is 5.56 Å². The molecule has 0 saturated carbocycles. The predicted octanol–water partition coefficient (Wildman–Crippen LogP) is 4.66. The Kier molecular flexibility index (Phi) is 4.75. The van der Waals surface area contributed by atoms with Gasteiger partial charge >= 0.3 is 0 Å². The Morgan fingerprint density at radius 2 is 1.79 bits per heavy atom. The van der Waals surface area contributed by atoms with E-state index in [1.807, 2.05) is 12.1 Å². The maximum absolute atomic E-state index is 6.03. The molecule has 1 aromatic carbocycles. The Labute approximate surface area is 126 Å². The summed E-state index contributed by atoms with van der Waals surface area (Å²) in [4.78, 5) is 4.20. The smallest absolute Gasteiger partial charge is 0.234 e. The van der Waals surface area contributed by atoms with Crippen LogP contribution in [0.5, 0.6) is 5.88 Å². The highest BCUT2D eigenvalue weighted by atomic mass is 35.5. The monoisotopic (exact) mass is 316 g/mol. The number of aromatic nitrogens is 1. The van der Waals surface area contributed by atoms with Crippen molar-refractivity contribution in [2.45, 2.75) is 6.61 Å². The zero-order valence-corrected chi connectivity index (χ0v) is 12.4. The van der Waals surface area contributed by atoms with Crippen LogP contribution < -0.4 is 10.1 Å². The summed E-state index contributed by atoms with van der Waals surface area (Å²) in [6.07, 6.45) is 0. The van der Waals surface area contributed by atoms with Crippen molar-refractivity contribution in [1.82, 2.24) is 4.98 Å². The van der Waals surface area contributed by atoms with Gasteiger partial charge in [-0.15, -0.1) is 0 Å². The van der Waals surface area contributed by atoms with E-state index >= 15 is 0 Å². The fourth-order valence-electron chi connectivity index (χ4n) is 1.46. The first-order valence-electron chi connectivity index (χ1n) is 5.51. The maximum atomic E-state index is 6.03. The third kappa shape index (κ3) is 3.66. The molecule has 0 aliphatic heterocycles. The summed E-state index contributed by atoms with van der Waals surface area (Å²) >= 11 is 17.8. The number of pyridine rings is 1. The minimum absolute atomic E-state index is 0.338. The quantitative estimate of drug-likeness (QED) is 0.890. The molecule has 19 heavy (non-hydrogen) atoms. The van der Waals surface area contributed by atoms with Gasteiger partial charge in [0.2, 0.25) is 5.88 Å². The van der Waals surface area contributed by atoms with E-state index in [0.717, 1.165) is 5.56 Å². The first-order valence-corrected chi connectivity index (χ1v) is 6.64. The summed E-state index contributed by atoms with van der Waals surface area (Å²) in [5, 5.41) is 4.38. The van der Waals surface area contributed by atoms with E-state index in [9.17, 15) is 0 Å². The summed E-state index contributed by atoms with van der Waals surface area (Å²) in [5.74, 6) is 0.863. The molecule has 6 heteroatoms. The molecule has 0 radical (unpaired) electrons. The van der Waals surface area contributed by atoms with Gasteiger partial charge in [-0.05, 0) is 23.8 Å². The molecule has 1 aromatic heterocycles. The Morgan fingerprint density at radius 3 is 2.42 bits per heavy atom. The summed E-state index contributed by atoms with van der Waals surface area (Å²) < 4.78 is 5.58. The number of benzene rings is 1. The Balaban J connectivity index is 2.13. The van der Waals surface area contributed by atoms with Crippen LogP contribution in [0.3, 0.4) is 0 Å². The molecule has 0 aliphatic carbocycles. The van der Waals surface area contributed by atoms with E-state index in [1.165, 1.54) is 0 Å². The van der Waals surface area contributed by atoms with Gasteiger partial charge in [-0.25, -0.2) is 0 Å². The van der Waals surface area contributed by atoms with Crippen molar-refractivity contribution >= 4 is 40.6 Å². The molecule has 2 rings (SSSR count). The fourth-order valence-corrected chi connectivity index (χ4v) is 2.09. The van der Waals surface area contributed by atoms with Crippen molar-refractivity contribution in [2.75, 3.05) is 12.4 Å². The molecule has 100 valence electrons. The van der Waals surface area contributed by atoms with Gasteiger partial charge < -0.3 is 10.1 Å². The van der Waals surface area contributed by atoms with E-state index in [4.69, 9.17) is 39.5 Å². The third-order valence-corrected chi connectivity index (χ3v) is 3.23. The largest absolute Gasteiger partial charge is 0.472 e. The Morgan fingerprint density at radius 1 is 1.11 bits per heavy atom. The topological polar surface area (TPSA) is 34.2 Å². The number of nitrogens with one attached hydrogen (secondary N) is 1. The molecule has 0 saturated heterocycles. The van der Waals surface area contributed by atoms with E-state index in [-0.39, 0.29) is 0 Å². The fraction of sp³-hybridized carbons (Fsp3) is 0.154. The van der Waals surface area contributed by atoms with Gasteiger partial charge in [0, 0.05) is 12.1 Å². The molecule has 1 heterocycles. The molecule has 1 N–H and O–H groups in total. The van der Waals surface area contributed by atoms with Crippen LogP contribution in [0.2, 0.25) is 15.1 Å². The van der Waals surface area contributed by atoms with Crippen molar-refractivity contribution in [3.05, 3.63) is 51.0 Å². The Hall–Kier alpha value is -1.16. The molecule has 0 unspecified atom stereocenters. The second kappa shape index (κ2) is 6.33. The van der Waals surface area contributed by atoms with E-state index < -0.39 is 0 Å². The summed E-state index contributed by atoms with van der Waals surface area (Å²) in [6, 6.07) is 8.96. The molecule has 0 amide bonds. The zero-order chi connectivity index (χ0) is 13.8. The number of rotatable bonds is 4. The van der Waals surface area contributed by atoms with Crippen molar-refractivity contribution in [2.24, 2.45) is 0 Å². The highest BCUT2D eigenvalue weighted by molar-refractivity contribution is 6.36. The SMILES string of the molecule is CNc1nc(OCc2ccc(Cl)cc2)c(Cl)cc1Cl. The van der Waals surface area contributed by atoms with Crippen LogP contribution >= 0.6 is 34.8 Å². The second-order valence-corrected chi connectivity index (χ2v) is 5.02. The van der Waals surface area contributed by atoms with Crippen LogP contribution in [0.25, 0.3) is 0 Å². The molecular weight excluding hydrogens is 307 g/mol. The van der Waals surface area contributed by atoms with Gasteiger partial charge in [0.15, 0.2) is 0 Å². The lowest BCUT2D eigenvalue weighted by molar-refractivity contribution is 0.294. The standard InChI is InChI=1S/C13H11Cl3N2O/c1-17-12-10(15)6-11(16)13(18-12)19-7-8-2-4-9(14)5-3-8/h2-6H,7H2,1H3,(H,17,18). The van der Waals surface area contributed by atoms with E-state index in [1.54, 1.807) is 25.2 Å². The van der Waals surface area contributed by atoms with Gasteiger partial charge in [-0.2, -0.15) is 4.98 Å². The van der Waals surface area contributed by atoms with E-state index in [0.29, 0.717) is 33.4 Å². The molecule has 0 spiro atoms. The number of halogens is 3. The minimum atomic E-state index is 0.338. The molecule has 0 atom stereocenters. The van der Waals surface area contributed by atoms with Crippen molar-refractivity contribution in [3.63, 3.8) is 0 Å². The van der Waals surface area contributed by atoms with Crippen LogP contribution in [0.4, 0.5) is 5.82 Å². The van der Waals surface area contributed by atoms with Gasteiger partial charge in [-0.3, -0.25) is 0 Å². The van der Waals surface area contributed by atoms with Crippen molar-refractivity contribution in [1.29, 1.82) is 0 Å². The highest BCUT2D eigenvalue weighted by Gasteiger charge is 2.09. The molecule has 0 bridgehead atoms. The molecule has 0 aliphatic rings. The average molecular weight is 318 g/mol. The molecule has 3 nitrogen and oxygen atoms in total. The van der Waals surface area contributed by atoms with Crippen molar-refractivity contribution in [3.8, 4) is 5.88 Å². The molecule has 0 fully saturated rings. The predicted molar refractivity (Wildman–Crippen MR) is 79.6 cm³/mol. The highest BCUT2D eigenvalue weighted by Crippen LogP contribution is 2.30. The van der Waals surface area contributed by atoms with E-state index in [2.05, 4.69) is 10.3 Å². The number of anilines is 1. The first kappa shape index (κ1) is 14.3. The third-order valence-electron chi connectivity index (χ3n) is 2.42. The molecular formula is C13H11Cl3N2O. The molecule has 2 aromatic rings. The normalized spacial score (nSPS) is 10.3. The number of nitrogens with zero attached hydrogens (tertiary/aromatic N) is 1. The van der Waals surface area contributed by atoms with Crippen LogP contribution in [-0.2, 0) is 6.61 Å². The van der Waals surface area contributed by atoms with Gasteiger partial charge in [0.1, 0.15) is 17.4 Å².